The third kappa shape index (κ3) is 4.05. The number of fused-ring (bicyclic) bond motifs is 1. The number of urea groups is 1. The van der Waals surface area contributed by atoms with Crippen molar-refractivity contribution in [3.8, 4) is 0 Å². The van der Waals surface area contributed by atoms with Crippen molar-refractivity contribution in [2.75, 3.05) is 36.0 Å². The van der Waals surface area contributed by atoms with Gasteiger partial charge in [-0.15, -0.1) is 0 Å². The second-order valence-corrected chi connectivity index (χ2v) is 7.95. The van der Waals surface area contributed by atoms with Crippen molar-refractivity contribution in [1.29, 1.82) is 0 Å². The minimum absolute atomic E-state index is 0.0512. The molecule has 1 N–H and O–H groups in total. The quantitative estimate of drug-likeness (QED) is 0.843. The molecule has 0 aromatic heterocycles. The fraction of sp³-hybridized carbons (Fsp3) is 0.409. The molecule has 0 radical (unpaired) electrons. The summed E-state index contributed by atoms with van der Waals surface area (Å²) in [6.07, 6.45) is 0.926. The van der Waals surface area contributed by atoms with Crippen LogP contribution < -0.4 is 15.1 Å². The van der Waals surface area contributed by atoms with E-state index in [9.17, 15) is 13.6 Å². The van der Waals surface area contributed by atoms with Gasteiger partial charge in [-0.1, -0.05) is 13.8 Å². The fourth-order valence-corrected chi connectivity index (χ4v) is 4.18. The summed E-state index contributed by atoms with van der Waals surface area (Å²) in [6.45, 7) is 6.57. The van der Waals surface area contributed by atoms with Gasteiger partial charge in [-0.3, -0.25) is 4.90 Å². The summed E-state index contributed by atoms with van der Waals surface area (Å²) >= 11 is 0. The van der Waals surface area contributed by atoms with E-state index in [-0.39, 0.29) is 17.7 Å². The molecule has 4 rings (SSSR count). The average Bonchev–Trinajstić information content (AvgIpc) is 3.15. The molecule has 154 valence electrons. The summed E-state index contributed by atoms with van der Waals surface area (Å²) < 4.78 is 27.4. The minimum atomic E-state index is -0.368. The Morgan fingerprint density at radius 2 is 1.72 bits per heavy atom. The van der Waals surface area contributed by atoms with Crippen molar-refractivity contribution in [2.45, 2.75) is 32.4 Å². The summed E-state index contributed by atoms with van der Waals surface area (Å²) in [4.78, 5) is 18.7. The Kier molecular flexibility index (Phi) is 5.41. The average molecular weight is 400 g/mol. The third-order valence-electron chi connectivity index (χ3n) is 5.46. The third-order valence-corrected chi connectivity index (χ3v) is 5.46. The molecule has 0 aliphatic carbocycles. The molecule has 2 aliphatic heterocycles. The highest BCUT2D eigenvalue weighted by atomic mass is 19.1. The largest absolute Gasteiger partial charge is 0.338 e. The first-order chi connectivity index (χ1) is 13.9. The lowest BCUT2D eigenvalue weighted by molar-refractivity contribution is 0.214. The van der Waals surface area contributed by atoms with Crippen LogP contribution in [-0.4, -0.2) is 49.2 Å². The van der Waals surface area contributed by atoms with Gasteiger partial charge in [0.1, 0.15) is 11.6 Å². The fourth-order valence-electron chi connectivity index (χ4n) is 4.18. The Bertz CT molecular complexity index is 887. The van der Waals surface area contributed by atoms with E-state index in [1.165, 1.54) is 24.3 Å². The lowest BCUT2D eigenvalue weighted by Crippen LogP contribution is -2.49. The molecule has 2 aromatic carbocycles. The number of hydrogen-bond donors (Lipinski definition) is 1. The first kappa shape index (κ1) is 19.6. The molecular weight excluding hydrogens is 374 g/mol. The molecule has 1 fully saturated rings. The monoisotopic (exact) mass is 400 g/mol. The zero-order valence-electron chi connectivity index (χ0n) is 16.7. The Balaban J connectivity index is 1.59. The molecule has 1 saturated heterocycles. The molecule has 1 atom stereocenters. The Morgan fingerprint density at radius 3 is 2.45 bits per heavy atom. The Hall–Kier alpha value is -2.67. The summed E-state index contributed by atoms with van der Waals surface area (Å²) in [5, 5.41) is 3.49. The Morgan fingerprint density at radius 1 is 1.00 bits per heavy atom. The summed E-state index contributed by atoms with van der Waals surface area (Å²) in [6, 6.07) is 11.2. The molecule has 29 heavy (non-hydrogen) atoms. The number of nitrogens with zero attached hydrogens (tertiary/aromatic N) is 3. The number of amides is 2. The number of anilines is 3. The molecule has 2 aliphatic rings. The van der Waals surface area contributed by atoms with E-state index in [0.29, 0.717) is 49.6 Å². The van der Waals surface area contributed by atoms with E-state index in [1.807, 2.05) is 9.80 Å². The van der Waals surface area contributed by atoms with Crippen molar-refractivity contribution < 1.29 is 13.6 Å². The maximum absolute atomic E-state index is 14.0. The lowest BCUT2D eigenvalue weighted by atomic mass is 10.1. The van der Waals surface area contributed by atoms with E-state index in [4.69, 9.17) is 0 Å². The van der Waals surface area contributed by atoms with Crippen LogP contribution in [0.5, 0.6) is 0 Å². The van der Waals surface area contributed by atoms with Gasteiger partial charge in [-0.05, 0) is 48.9 Å². The maximum atomic E-state index is 14.0. The van der Waals surface area contributed by atoms with Gasteiger partial charge in [-0.25, -0.2) is 13.6 Å². The van der Waals surface area contributed by atoms with Crippen LogP contribution in [0.1, 0.15) is 20.3 Å². The number of hydrogen-bond acceptors (Lipinski definition) is 3. The normalized spacial score (nSPS) is 19.1. The SMILES string of the molecule is CC(C)N[C@H]1CCN(C(=O)N2CCN(c3ccc(F)cc3)c3cc(F)ccc32)C1. The number of nitrogens with one attached hydrogen (secondary N) is 1. The smallest absolute Gasteiger partial charge is 0.324 e. The molecular formula is C22H26F2N4O. The van der Waals surface area contributed by atoms with Gasteiger partial charge in [-0.2, -0.15) is 0 Å². The standard InChI is InChI=1S/C22H26F2N4O/c1-15(2)25-18-9-10-26(14-18)22(29)28-12-11-27(19-6-3-16(23)4-7-19)21-13-17(24)5-8-20(21)28/h3-8,13,15,18,25H,9-12,14H2,1-2H3/t18-/m0/s1. The molecule has 7 heteroatoms. The minimum Gasteiger partial charge on any atom is -0.338 e. The number of carbonyl (C=O) groups excluding carboxylic acids is 1. The van der Waals surface area contributed by atoms with E-state index in [0.717, 1.165) is 12.1 Å². The molecule has 2 amide bonds. The molecule has 0 unspecified atom stereocenters. The van der Waals surface area contributed by atoms with Crippen molar-refractivity contribution in [1.82, 2.24) is 10.2 Å². The highest BCUT2D eigenvalue weighted by molar-refractivity contribution is 5.98. The van der Waals surface area contributed by atoms with Crippen LogP contribution in [0.25, 0.3) is 0 Å². The van der Waals surface area contributed by atoms with Crippen LogP contribution in [0.3, 0.4) is 0 Å². The second-order valence-electron chi connectivity index (χ2n) is 7.95. The van der Waals surface area contributed by atoms with Crippen molar-refractivity contribution >= 4 is 23.1 Å². The molecule has 0 spiro atoms. The van der Waals surface area contributed by atoms with Crippen LogP contribution in [-0.2, 0) is 0 Å². The number of likely N-dealkylation sites (tertiary alicyclic amines) is 1. The van der Waals surface area contributed by atoms with Gasteiger partial charge < -0.3 is 15.1 Å². The first-order valence-electron chi connectivity index (χ1n) is 10.1. The predicted molar refractivity (Wildman–Crippen MR) is 111 cm³/mol. The molecule has 0 saturated carbocycles. The molecule has 2 aromatic rings. The van der Waals surface area contributed by atoms with E-state index >= 15 is 0 Å². The van der Waals surface area contributed by atoms with Crippen LogP contribution in [0.2, 0.25) is 0 Å². The predicted octanol–water partition coefficient (Wildman–Crippen LogP) is 4.12. The number of carbonyl (C=O) groups is 1. The maximum Gasteiger partial charge on any atom is 0.324 e. The van der Waals surface area contributed by atoms with Crippen LogP contribution in [0, 0.1) is 11.6 Å². The topological polar surface area (TPSA) is 38.8 Å². The Labute approximate surface area is 169 Å². The number of rotatable bonds is 3. The van der Waals surface area contributed by atoms with E-state index in [1.54, 1.807) is 23.1 Å². The highest BCUT2D eigenvalue weighted by Gasteiger charge is 2.34. The number of benzene rings is 2. The van der Waals surface area contributed by atoms with Gasteiger partial charge in [0.2, 0.25) is 0 Å². The molecule has 2 heterocycles. The summed E-state index contributed by atoms with van der Waals surface area (Å²) in [5.74, 6) is -0.687. The van der Waals surface area contributed by atoms with Gasteiger partial charge in [0.15, 0.2) is 0 Å². The van der Waals surface area contributed by atoms with Crippen molar-refractivity contribution in [2.24, 2.45) is 0 Å². The lowest BCUT2D eigenvalue weighted by Gasteiger charge is -2.39. The van der Waals surface area contributed by atoms with Crippen molar-refractivity contribution in [3.05, 3.63) is 54.1 Å². The van der Waals surface area contributed by atoms with E-state index < -0.39 is 0 Å². The van der Waals surface area contributed by atoms with Crippen molar-refractivity contribution in [3.63, 3.8) is 0 Å². The second kappa shape index (κ2) is 7.99. The van der Waals surface area contributed by atoms with Gasteiger partial charge in [0, 0.05) is 44.0 Å². The van der Waals surface area contributed by atoms with Gasteiger partial charge >= 0.3 is 6.03 Å². The van der Waals surface area contributed by atoms with Crippen LogP contribution in [0.4, 0.5) is 30.6 Å². The van der Waals surface area contributed by atoms with Crippen LogP contribution in [0.15, 0.2) is 42.5 Å². The van der Waals surface area contributed by atoms with Gasteiger partial charge in [0.05, 0.1) is 11.4 Å². The summed E-state index contributed by atoms with van der Waals surface area (Å²) in [7, 11) is 0. The zero-order valence-corrected chi connectivity index (χ0v) is 16.7. The zero-order chi connectivity index (χ0) is 20.5. The van der Waals surface area contributed by atoms with E-state index in [2.05, 4.69) is 19.2 Å². The summed E-state index contributed by atoms with van der Waals surface area (Å²) in [5.41, 5.74) is 2.06. The number of halogens is 2. The van der Waals surface area contributed by atoms with Gasteiger partial charge in [0.25, 0.3) is 0 Å². The first-order valence-corrected chi connectivity index (χ1v) is 10.1. The molecule has 5 nitrogen and oxygen atoms in total. The highest BCUT2D eigenvalue weighted by Crippen LogP contribution is 2.39. The molecule has 0 bridgehead atoms. The van der Waals surface area contributed by atoms with Crippen LogP contribution >= 0.6 is 0 Å².